The lowest BCUT2D eigenvalue weighted by Gasteiger charge is -2.21. The van der Waals surface area contributed by atoms with Crippen molar-refractivity contribution >= 4 is 0 Å². The first-order valence-electron chi connectivity index (χ1n) is 7.50. The molecule has 1 N–H and O–H groups in total. The van der Waals surface area contributed by atoms with Gasteiger partial charge in [-0.25, -0.2) is 0 Å². The van der Waals surface area contributed by atoms with Gasteiger partial charge in [0.05, 0.1) is 0 Å². The molecule has 0 aliphatic rings. The summed E-state index contributed by atoms with van der Waals surface area (Å²) in [6, 6.07) is 18.6. The van der Waals surface area contributed by atoms with Gasteiger partial charge >= 0.3 is 0 Å². The summed E-state index contributed by atoms with van der Waals surface area (Å²) in [5.74, 6) is 0.916. The van der Waals surface area contributed by atoms with Gasteiger partial charge in [-0.1, -0.05) is 42.5 Å². The molecule has 2 nitrogen and oxygen atoms in total. The van der Waals surface area contributed by atoms with E-state index in [4.69, 9.17) is 4.74 Å². The van der Waals surface area contributed by atoms with Crippen molar-refractivity contribution in [3.05, 3.63) is 65.7 Å². The van der Waals surface area contributed by atoms with Gasteiger partial charge in [-0.05, 0) is 51.0 Å². The Morgan fingerprint density at radius 2 is 1.71 bits per heavy atom. The van der Waals surface area contributed by atoms with Gasteiger partial charge in [0.25, 0.3) is 0 Å². The van der Waals surface area contributed by atoms with Gasteiger partial charge in [0, 0.05) is 12.1 Å². The highest BCUT2D eigenvalue weighted by Gasteiger charge is 2.10. The molecular formula is C19H25NO. The maximum atomic E-state index is 6.05. The number of rotatable bonds is 5. The number of hydrogen-bond acceptors (Lipinski definition) is 2. The summed E-state index contributed by atoms with van der Waals surface area (Å²) >= 11 is 0. The van der Waals surface area contributed by atoms with Crippen molar-refractivity contribution in [1.82, 2.24) is 5.32 Å². The van der Waals surface area contributed by atoms with Gasteiger partial charge in [0.1, 0.15) is 11.9 Å². The lowest BCUT2D eigenvalue weighted by Crippen LogP contribution is -2.35. The van der Waals surface area contributed by atoms with E-state index in [0.717, 1.165) is 12.3 Å². The topological polar surface area (TPSA) is 21.3 Å². The Hall–Kier alpha value is -1.80. The van der Waals surface area contributed by atoms with Crippen LogP contribution in [0.2, 0.25) is 0 Å². The summed E-state index contributed by atoms with van der Waals surface area (Å²) in [6.07, 6.45) is 0.0528. The fourth-order valence-corrected chi connectivity index (χ4v) is 2.09. The summed E-state index contributed by atoms with van der Waals surface area (Å²) < 4.78 is 6.05. The number of hydrogen-bond donors (Lipinski definition) is 1. The Morgan fingerprint density at radius 3 is 2.38 bits per heavy atom. The van der Waals surface area contributed by atoms with Gasteiger partial charge < -0.3 is 10.1 Å². The van der Waals surface area contributed by atoms with E-state index in [1.54, 1.807) is 0 Å². The molecule has 2 heteroatoms. The fourth-order valence-electron chi connectivity index (χ4n) is 2.09. The molecule has 0 radical (unpaired) electrons. The van der Waals surface area contributed by atoms with Crippen LogP contribution in [0.1, 0.15) is 44.9 Å². The Balaban J connectivity index is 2.01. The summed E-state index contributed by atoms with van der Waals surface area (Å²) in [5, 5.41) is 3.49. The van der Waals surface area contributed by atoms with E-state index in [1.807, 2.05) is 30.3 Å². The van der Waals surface area contributed by atoms with Crippen LogP contribution in [0.25, 0.3) is 0 Å². The van der Waals surface area contributed by atoms with Crippen molar-refractivity contribution in [2.24, 2.45) is 0 Å². The third-order valence-electron chi connectivity index (χ3n) is 3.30. The quantitative estimate of drug-likeness (QED) is 0.857. The van der Waals surface area contributed by atoms with Gasteiger partial charge in [-0.2, -0.15) is 0 Å². The van der Waals surface area contributed by atoms with Crippen LogP contribution in [0.3, 0.4) is 0 Å². The van der Waals surface area contributed by atoms with E-state index >= 15 is 0 Å². The minimum absolute atomic E-state index is 0.0528. The van der Waals surface area contributed by atoms with Gasteiger partial charge in [0.2, 0.25) is 0 Å². The van der Waals surface area contributed by atoms with Crippen molar-refractivity contribution < 1.29 is 4.74 Å². The zero-order valence-electron chi connectivity index (χ0n) is 13.4. The lowest BCUT2D eigenvalue weighted by molar-refractivity contribution is 0.226. The molecule has 2 aromatic carbocycles. The molecule has 2 aromatic rings. The summed E-state index contributed by atoms with van der Waals surface area (Å²) in [5.41, 5.74) is 2.55. The molecule has 0 spiro atoms. The lowest BCUT2D eigenvalue weighted by atomic mass is 10.1. The van der Waals surface area contributed by atoms with Crippen LogP contribution in [-0.4, -0.2) is 5.54 Å². The first-order valence-corrected chi connectivity index (χ1v) is 7.50. The highest BCUT2D eigenvalue weighted by Crippen LogP contribution is 2.22. The Bertz CT molecular complexity index is 557. The normalized spacial score (nSPS) is 13.0. The second-order valence-corrected chi connectivity index (χ2v) is 6.42. The average molecular weight is 283 g/mol. The first-order chi connectivity index (χ1) is 9.94. The fraction of sp³-hybridized carbons (Fsp3) is 0.368. The summed E-state index contributed by atoms with van der Waals surface area (Å²) in [4.78, 5) is 0. The Morgan fingerprint density at radius 1 is 1.00 bits per heavy atom. The van der Waals surface area contributed by atoms with E-state index in [9.17, 15) is 0 Å². The molecular weight excluding hydrogens is 258 g/mol. The van der Waals surface area contributed by atoms with Crippen molar-refractivity contribution in [3.63, 3.8) is 0 Å². The van der Waals surface area contributed by atoms with E-state index in [0.29, 0.717) is 0 Å². The van der Waals surface area contributed by atoms with Crippen LogP contribution in [0.5, 0.6) is 5.75 Å². The molecule has 0 amide bonds. The molecule has 0 aliphatic heterocycles. The average Bonchev–Trinajstić information content (AvgIpc) is 2.46. The third kappa shape index (κ3) is 5.24. The molecule has 1 unspecified atom stereocenters. The minimum Gasteiger partial charge on any atom is -0.486 e. The highest BCUT2D eigenvalue weighted by molar-refractivity contribution is 5.29. The Kier molecular flexibility index (Phi) is 5.03. The second-order valence-electron chi connectivity index (χ2n) is 6.42. The predicted molar refractivity (Wildman–Crippen MR) is 88.5 cm³/mol. The number of nitrogens with one attached hydrogen (secondary N) is 1. The largest absolute Gasteiger partial charge is 0.486 e. The molecule has 0 bridgehead atoms. The van der Waals surface area contributed by atoms with E-state index in [1.165, 1.54) is 11.1 Å². The first kappa shape index (κ1) is 15.6. The molecule has 0 fully saturated rings. The van der Waals surface area contributed by atoms with Crippen molar-refractivity contribution in [2.45, 2.75) is 45.9 Å². The van der Waals surface area contributed by atoms with E-state index in [-0.39, 0.29) is 11.6 Å². The summed E-state index contributed by atoms with van der Waals surface area (Å²) in [6.45, 7) is 9.44. The van der Waals surface area contributed by atoms with Crippen molar-refractivity contribution in [3.8, 4) is 5.75 Å². The monoisotopic (exact) mass is 283 g/mol. The predicted octanol–water partition coefficient (Wildman–Crippen LogP) is 4.71. The third-order valence-corrected chi connectivity index (χ3v) is 3.30. The van der Waals surface area contributed by atoms with Gasteiger partial charge in [0.15, 0.2) is 0 Å². The van der Waals surface area contributed by atoms with Crippen LogP contribution in [0.15, 0.2) is 54.6 Å². The highest BCUT2D eigenvalue weighted by atomic mass is 16.5. The van der Waals surface area contributed by atoms with Crippen LogP contribution < -0.4 is 10.1 Å². The molecule has 0 aliphatic carbocycles. The second kappa shape index (κ2) is 6.77. The van der Waals surface area contributed by atoms with Crippen molar-refractivity contribution in [1.29, 1.82) is 0 Å². The zero-order valence-corrected chi connectivity index (χ0v) is 13.4. The van der Waals surface area contributed by atoms with Gasteiger partial charge in [-0.3, -0.25) is 0 Å². The number of benzene rings is 2. The molecule has 1 atom stereocenters. The molecule has 0 saturated carbocycles. The maximum Gasteiger partial charge on any atom is 0.121 e. The van der Waals surface area contributed by atoms with E-state index < -0.39 is 0 Å². The molecule has 0 heterocycles. The van der Waals surface area contributed by atoms with Gasteiger partial charge in [-0.15, -0.1) is 0 Å². The van der Waals surface area contributed by atoms with Crippen molar-refractivity contribution in [2.75, 3.05) is 0 Å². The van der Waals surface area contributed by atoms with E-state index in [2.05, 4.69) is 57.3 Å². The maximum absolute atomic E-state index is 6.05. The molecule has 21 heavy (non-hydrogen) atoms. The minimum atomic E-state index is 0.0528. The zero-order chi connectivity index (χ0) is 15.3. The van der Waals surface area contributed by atoms with Crippen LogP contribution in [-0.2, 0) is 6.54 Å². The molecule has 2 rings (SSSR count). The summed E-state index contributed by atoms with van der Waals surface area (Å²) in [7, 11) is 0. The standard InChI is InChI=1S/C19H25NO/c1-15(17-10-6-5-7-11-17)21-18-12-8-9-16(13-18)14-20-19(2,3)4/h5-13,15,20H,14H2,1-4H3. The smallest absolute Gasteiger partial charge is 0.121 e. The Labute approximate surface area is 128 Å². The molecule has 0 saturated heterocycles. The van der Waals surface area contributed by atoms with Crippen LogP contribution in [0, 0.1) is 0 Å². The molecule has 112 valence electrons. The van der Waals surface area contributed by atoms with Crippen LogP contribution in [0.4, 0.5) is 0 Å². The number of ether oxygens (including phenoxy) is 1. The molecule has 0 aromatic heterocycles. The van der Waals surface area contributed by atoms with Crippen LogP contribution >= 0.6 is 0 Å². The SMILES string of the molecule is CC(Oc1cccc(CNC(C)(C)C)c1)c1ccccc1.